The average Bonchev–Trinajstić information content (AvgIpc) is 2.84. The van der Waals surface area contributed by atoms with Crippen LogP contribution in [0.2, 0.25) is 0 Å². The predicted molar refractivity (Wildman–Crippen MR) is 119 cm³/mol. The fourth-order valence-electron chi connectivity index (χ4n) is 4.31. The molecule has 3 aromatic carbocycles. The summed E-state index contributed by atoms with van der Waals surface area (Å²) in [6.07, 6.45) is 0. The maximum atomic E-state index is 13.4. The molecule has 2 heterocycles. The quantitative estimate of drug-likeness (QED) is 0.555. The molecule has 3 atom stereocenters. The molecule has 0 spiro atoms. The Labute approximate surface area is 185 Å². The summed E-state index contributed by atoms with van der Waals surface area (Å²) in [5, 5.41) is 2.90. The van der Waals surface area contributed by atoms with E-state index in [2.05, 4.69) is 16.2 Å². The molecule has 1 saturated heterocycles. The van der Waals surface area contributed by atoms with Crippen LogP contribution in [-0.2, 0) is 9.59 Å². The smallest absolute Gasteiger partial charge is 0.247 e. The van der Waals surface area contributed by atoms with Crippen LogP contribution in [-0.4, -0.2) is 25.0 Å². The fourth-order valence-corrected chi connectivity index (χ4v) is 4.31. The first-order valence-electron chi connectivity index (χ1n) is 10.6. The van der Waals surface area contributed by atoms with E-state index < -0.39 is 11.8 Å². The fraction of sp³-hybridized carbons (Fsp3) is 0.200. The first-order valence-corrected chi connectivity index (χ1v) is 10.6. The summed E-state index contributed by atoms with van der Waals surface area (Å²) in [5.41, 5.74) is 8.25. The van der Waals surface area contributed by atoms with E-state index in [0.29, 0.717) is 30.4 Å². The average molecular weight is 429 g/mol. The lowest BCUT2D eigenvalue weighted by Gasteiger charge is -2.38. The molecule has 0 radical (unpaired) electrons. The van der Waals surface area contributed by atoms with Gasteiger partial charge in [0.05, 0.1) is 6.04 Å². The van der Waals surface area contributed by atoms with Crippen molar-refractivity contribution in [1.82, 2.24) is 10.9 Å². The summed E-state index contributed by atoms with van der Waals surface area (Å²) in [7, 11) is 0. The van der Waals surface area contributed by atoms with Crippen LogP contribution in [0, 0.1) is 5.92 Å². The van der Waals surface area contributed by atoms with E-state index in [-0.39, 0.29) is 17.9 Å². The number of ether oxygens (including phenoxy) is 2. The first-order chi connectivity index (χ1) is 15.7. The third-order valence-corrected chi connectivity index (χ3v) is 5.79. The topological polar surface area (TPSA) is 88.7 Å². The van der Waals surface area contributed by atoms with Crippen molar-refractivity contribution in [3.63, 3.8) is 0 Å². The molecule has 2 aliphatic rings. The summed E-state index contributed by atoms with van der Waals surface area (Å²) in [4.78, 5) is 26.4. The Morgan fingerprint density at radius 3 is 2.22 bits per heavy atom. The van der Waals surface area contributed by atoms with Crippen LogP contribution in [0.5, 0.6) is 11.5 Å². The maximum absolute atomic E-state index is 13.4. The normalized spacial score (nSPS) is 22.0. The van der Waals surface area contributed by atoms with Gasteiger partial charge in [-0.25, -0.2) is 5.43 Å². The van der Waals surface area contributed by atoms with Crippen molar-refractivity contribution < 1.29 is 19.1 Å². The van der Waals surface area contributed by atoms with Crippen LogP contribution in [0.25, 0.3) is 0 Å². The number of hydrogen-bond donors (Lipinski definition) is 3. The Kier molecular flexibility index (Phi) is 5.47. The van der Waals surface area contributed by atoms with E-state index in [0.717, 1.165) is 11.1 Å². The van der Waals surface area contributed by atoms with E-state index in [9.17, 15) is 9.59 Å². The number of fused-ring (bicyclic) bond motifs is 1. The molecule has 0 aromatic heterocycles. The zero-order chi connectivity index (χ0) is 21.9. The number of nitrogens with one attached hydrogen (secondary N) is 3. The van der Waals surface area contributed by atoms with Crippen molar-refractivity contribution in [3.05, 3.63) is 90.0 Å². The molecule has 162 valence electrons. The summed E-state index contributed by atoms with van der Waals surface area (Å²) in [6.45, 7) is 0.948. The number of carbonyl (C=O) groups excluding carboxylic acids is 2. The van der Waals surface area contributed by atoms with Crippen LogP contribution in [0.4, 0.5) is 5.69 Å². The molecule has 7 nitrogen and oxygen atoms in total. The molecule has 3 unspecified atom stereocenters. The van der Waals surface area contributed by atoms with Crippen LogP contribution in [0.15, 0.2) is 78.9 Å². The van der Waals surface area contributed by atoms with Crippen LogP contribution < -0.4 is 25.6 Å². The zero-order valence-corrected chi connectivity index (χ0v) is 17.3. The van der Waals surface area contributed by atoms with E-state index >= 15 is 0 Å². The number of amides is 2. The summed E-state index contributed by atoms with van der Waals surface area (Å²) < 4.78 is 11.2. The second kappa shape index (κ2) is 8.72. The van der Waals surface area contributed by atoms with Crippen molar-refractivity contribution in [3.8, 4) is 11.5 Å². The molecule has 7 heteroatoms. The molecular formula is C25H23N3O4. The zero-order valence-electron chi connectivity index (χ0n) is 17.3. The molecule has 0 bridgehead atoms. The first kappa shape index (κ1) is 20.1. The van der Waals surface area contributed by atoms with Crippen LogP contribution in [0.1, 0.15) is 23.1 Å². The lowest BCUT2D eigenvalue weighted by Crippen LogP contribution is -2.56. The second-order valence-corrected chi connectivity index (χ2v) is 7.78. The van der Waals surface area contributed by atoms with E-state index in [1.165, 1.54) is 0 Å². The Morgan fingerprint density at radius 1 is 0.844 bits per heavy atom. The maximum Gasteiger partial charge on any atom is 0.247 e. The van der Waals surface area contributed by atoms with Crippen molar-refractivity contribution in [2.24, 2.45) is 5.92 Å². The highest BCUT2D eigenvalue weighted by atomic mass is 16.6. The summed E-state index contributed by atoms with van der Waals surface area (Å²) in [6, 6.07) is 24.4. The Hall–Kier alpha value is -3.84. The van der Waals surface area contributed by atoms with Gasteiger partial charge < -0.3 is 14.8 Å². The third-order valence-electron chi connectivity index (χ3n) is 5.79. The van der Waals surface area contributed by atoms with E-state index in [4.69, 9.17) is 9.47 Å². The summed E-state index contributed by atoms with van der Waals surface area (Å²) >= 11 is 0. The molecular weight excluding hydrogens is 406 g/mol. The summed E-state index contributed by atoms with van der Waals surface area (Å²) in [5.74, 6) is -0.871. The highest BCUT2D eigenvalue weighted by molar-refractivity contribution is 6.07. The molecule has 0 saturated carbocycles. The molecule has 5 rings (SSSR count). The monoisotopic (exact) mass is 429 g/mol. The van der Waals surface area contributed by atoms with Gasteiger partial charge in [0.2, 0.25) is 11.8 Å². The number of carbonyl (C=O) groups is 2. The predicted octanol–water partition coefficient (Wildman–Crippen LogP) is 3.17. The standard InChI is InChI=1S/C25H23N3O4/c29-24(26-18-11-12-19-20(15-18)32-14-13-31-19)22-21(16-7-3-1-4-8-16)23(27-28-25(22)30)17-9-5-2-6-10-17/h1-12,15,21-23,27H,13-14H2,(H,26,29)(H,28,30). The van der Waals surface area contributed by atoms with Crippen LogP contribution in [0.3, 0.4) is 0 Å². The van der Waals surface area contributed by atoms with Gasteiger partial charge in [-0.3, -0.25) is 15.0 Å². The second-order valence-electron chi connectivity index (χ2n) is 7.78. The largest absolute Gasteiger partial charge is 0.486 e. The number of benzene rings is 3. The highest BCUT2D eigenvalue weighted by Gasteiger charge is 2.44. The minimum atomic E-state index is -0.933. The van der Waals surface area contributed by atoms with Gasteiger partial charge >= 0.3 is 0 Å². The van der Waals surface area contributed by atoms with E-state index in [1.807, 2.05) is 60.7 Å². The SMILES string of the molecule is O=C1NNC(c2ccccc2)C(c2ccccc2)C1C(=O)Nc1ccc2c(c1)OCCO2. The minimum Gasteiger partial charge on any atom is -0.486 e. The van der Waals surface area contributed by atoms with Gasteiger partial charge in [0, 0.05) is 17.7 Å². The third kappa shape index (κ3) is 3.90. The molecule has 2 aliphatic heterocycles. The van der Waals surface area contributed by atoms with Gasteiger partial charge in [0.15, 0.2) is 11.5 Å². The Morgan fingerprint density at radius 2 is 1.50 bits per heavy atom. The number of hydrogen-bond acceptors (Lipinski definition) is 5. The Balaban J connectivity index is 1.48. The van der Waals surface area contributed by atoms with Gasteiger partial charge in [-0.05, 0) is 23.3 Å². The van der Waals surface area contributed by atoms with Crippen LogP contribution >= 0.6 is 0 Å². The van der Waals surface area contributed by atoms with Crippen molar-refractivity contribution >= 4 is 17.5 Å². The number of anilines is 1. The molecule has 1 fully saturated rings. The van der Waals surface area contributed by atoms with Crippen molar-refractivity contribution in [1.29, 1.82) is 0 Å². The molecule has 3 N–H and O–H groups in total. The van der Waals surface area contributed by atoms with Gasteiger partial charge in [-0.15, -0.1) is 0 Å². The molecule has 3 aromatic rings. The van der Waals surface area contributed by atoms with Gasteiger partial charge in [0.1, 0.15) is 19.1 Å². The van der Waals surface area contributed by atoms with Gasteiger partial charge in [0.25, 0.3) is 0 Å². The van der Waals surface area contributed by atoms with E-state index in [1.54, 1.807) is 18.2 Å². The highest BCUT2D eigenvalue weighted by Crippen LogP contribution is 2.40. The number of hydrazine groups is 1. The van der Waals surface area contributed by atoms with Gasteiger partial charge in [-0.1, -0.05) is 60.7 Å². The minimum absolute atomic E-state index is 0.271. The molecule has 32 heavy (non-hydrogen) atoms. The lowest BCUT2D eigenvalue weighted by atomic mass is 9.76. The molecule has 2 amide bonds. The van der Waals surface area contributed by atoms with Crippen molar-refractivity contribution in [2.45, 2.75) is 12.0 Å². The molecule has 0 aliphatic carbocycles. The lowest BCUT2D eigenvalue weighted by molar-refractivity contribution is -0.137. The van der Waals surface area contributed by atoms with Gasteiger partial charge in [-0.2, -0.15) is 0 Å². The van der Waals surface area contributed by atoms with Crippen molar-refractivity contribution in [2.75, 3.05) is 18.5 Å². The number of rotatable bonds is 4. The Bertz CT molecular complexity index is 1120.